The van der Waals surface area contributed by atoms with Gasteiger partial charge in [-0.2, -0.15) is 0 Å². The molecule has 32 heavy (non-hydrogen) atoms. The second-order valence-corrected chi connectivity index (χ2v) is 40.8. The molecular formula is C30H40SiZr. The van der Waals surface area contributed by atoms with Crippen LogP contribution in [0.25, 0.3) is 5.57 Å². The molecule has 168 valence electrons. The van der Waals surface area contributed by atoms with E-state index < -0.39 is 17.4 Å². The van der Waals surface area contributed by atoms with Gasteiger partial charge in [0.05, 0.1) is 0 Å². The summed E-state index contributed by atoms with van der Waals surface area (Å²) in [4.78, 5) is 0. The second-order valence-electron chi connectivity index (χ2n) is 11.3. The number of hydrogen-bond acceptors (Lipinski definition) is 0. The van der Waals surface area contributed by atoms with E-state index >= 15 is 0 Å². The molecule has 2 aromatic rings. The molecule has 0 heterocycles. The molecule has 0 radical (unpaired) electrons. The van der Waals surface area contributed by atoms with E-state index in [-0.39, 0.29) is 0 Å². The number of aryl methyl sites for hydroxylation is 1. The van der Waals surface area contributed by atoms with Crippen molar-refractivity contribution in [2.45, 2.75) is 66.8 Å². The van der Waals surface area contributed by atoms with Gasteiger partial charge in [0.2, 0.25) is 0 Å². The molecule has 0 aromatic heterocycles. The van der Waals surface area contributed by atoms with Gasteiger partial charge in [-0.1, -0.05) is 0 Å². The predicted molar refractivity (Wildman–Crippen MR) is 142 cm³/mol. The first-order valence-electron chi connectivity index (χ1n) is 12.4. The third kappa shape index (κ3) is 3.76. The number of unbranched alkanes of at least 4 members (excludes halogenated alkanes) is 1. The molecule has 2 unspecified atom stereocenters. The van der Waals surface area contributed by atoms with Crippen LogP contribution in [0.5, 0.6) is 0 Å². The molecule has 0 N–H and O–H groups in total. The Balaban J connectivity index is 1.91. The van der Waals surface area contributed by atoms with Crippen molar-refractivity contribution in [2.75, 3.05) is 0 Å². The molecule has 0 spiro atoms. The van der Waals surface area contributed by atoms with Crippen LogP contribution in [0.15, 0.2) is 74.6 Å². The van der Waals surface area contributed by atoms with Gasteiger partial charge in [0, 0.05) is 0 Å². The first-order valence-corrected chi connectivity index (χ1v) is 25.9. The summed E-state index contributed by atoms with van der Waals surface area (Å²) in [5.74, 6) is 0.592. The van der Waals surface area contributed by atoms with Crippen molar-refractivity contribution in [3.05, 3.63) is 96.9 Å². The van der Waals surface area contributed by atoms with Gasteiger partial charge in [-0.05, 0) is 0 Å². The fourth-order valence-corrected chi connectivity index (χ4v) is 25.1. The van der Waals surface area contributed by atoms with Gasteiger partial charge in [-0.25, -0.2) is 0 Å². The summed E-state index contributed by atoms with van der Waals surface area (Å²) in [7, 11) is 0. The Labute approximate surface area is 198 Å². The Morgan fingerprint density at radius 1 is 0.875 bits per heavy atom. The van der Waals surface area contributed by atoms with Crippen molar-refractivity contribution in [2.24, 2.45) is 5.92 Å². The molecule has 0 fully saturated rings. The fourth-order valence-electron chi connectivity index (χ4n) is 6.59. The van der Waals surface area contributed by atoms with E-state index in [4.69, 9.17) is 0 Å². The molecule has 0 aliphatic heterocycles. The maximum absolute atomic E-state index is 3.35. The van der Waals surface area contributed by atoms with Crippen LogP contribution >= 0.6 is 0 Å². The Hall–Kier alpha value is -1.24. The normalized spacial score (nSPS) is 21.3. The van der Waals surface area contributed by atoms with E-state index in [1.165, 1.54) is 41.5 Å². The van der Waals surface area contributed by atoms with Gasteiger partial charge in [0.15, 0.2) is 0 Å². The Morgan fingerprint density at radius 3 is 2.12 bits per heavy atom. The molecule has 0 nitrogen and oxygen atoms in total. The minimum atomic E-state index is -3.35. The van der Waals surface area contributed by atoms with Gasteiger partial charge in [-0.3, -0.25) is 0 Å². The third-order valence-electron chi connectivity index (χ3n) is 8.55. The van der Waals surface area contributed by atoms with Gasteiger partial charge in [0.1, 0.15) is 0 Å². The number of benzene rings is 2. The van der Waals surface area contributed by atoms with Crippen LogP contribution in [-0.2, 0) is 23.8 Å². The van der Waals surface area contributed by atoms with Crippen LogP contribution in [0.3, 0.4) is 0 Å². The van der Waals surface area contributed by atoms with E-state index in [2.05, 4.69) is 105 Å². The second kappa shape index (κ2) is 8.52. The van der Waals surface area contributed by atoms with Gasteiger partial charge >= 0.3 is 199 Å². The molecule has 2 aliphatic rings. The van der Waals surface area contributed by atoms with Crippen molar-refractivity contribution in [3.8, 4) is 0 Å². The van der Waals surface area contributed by atoms with E-state index in [0.717, 1.165) is 0 Å². The van der Waals surface area contributed by atoms with Crippen molar-refractivity contribution in [1.82, 2.24) is 0 Å². The number of rotatable bonds is 6. The molecule has 0 saturated carbocycles. The molecule has 0 amide bonds. The first kappa shape index (κ1) is 23.9. The maximum atomic E-state index is 2.71. The van der Waals surface area contributed by atoms with Gasteiger partial charge < -0.3 is 0 Å². The van der Waals surface area contributed by atoms with Crippen LogP contribution in [0, 0.1) is 5.92 Å². The third-order valence-corrected chi connectivity index (χ3v) is 25.8. The molecule has 2 aliphatic carbocycles. The zero-order valence-corrected chi connectivity index (χ0v) is 25.1. The molecule has 4 rings (SSSR count). The van der Waals surface area contributed by atoms with E-state index in [1.54, 1.807) is 22.3 Å². The van der Waals surface area contributed by atoms with Gasteiger partial charge in [0.25, 0.3) is 0 Å². The molecule has 2 heteroatoms. The monoisotopic (exact) mass is 518 g/mol. The first-order chi connectivity index (χ1) is 15.1. The zero-order valence-electron chi connectivity index (χ0n) is 21.2. The molecule has 2 atom stereocenters. The van der Waals surface area contributed by atoms with Crippen molar-refractivity contribution in [1.29, 1.82) is 0 Å². The predicted octanol–water partition coefficient (Wildman–Crippen LogP) is 8.11. The van der Waals surface area contributed by atoms with E-state index in [9.17, 15) is 0 Å². The minimum absolute atomic E-state index is 0.561. The van der Waals surface area contributed by atoms with Crippen LogP contribution in [-0.4, -0.2) is 6.88 Å². The summed E-state index contributed by atoms with van der Waals surface area (Å²) < 4.78 is 7.82. The average molecular weight is 520 g/mol. The van der Waals surface area contributed by atoms with E-state index in [1.807, 2.05) is 3.28 Å². The zero-order chi connectivity index (χ0) is 23.3. The van der Waals surface area contributed by atoms with Crippen LogP contribution < -0.4 is 0 Å². The number of fused-ring (bicyclic) bond motifs is 1. The van der Waals surface area contributed by atoms with E-state index in [0.29, 0.717) is 9.54 Å². The number of allylic oxidation sites excluding steroid dienone is 5. The SMILES string of the molecule is CCCCc1ccccc1C1=C[CH]([Zr]([CH3])([CH3])(=[SiH2])[C]2=C(C)C(C)=C(C)C2C)c2ccccc21. The summed E-state index contributed by atoms with van der Waals surface area (Å²) in [5, 5.41) is 0. The van der Waals surface area contributed by atoms with Crippen molar-refractivity contribution in [3.63, 3.8) is 0 Å². The van der Waals surface area contributed by atoms with Crippen LogP contribution in [0.4, 0.5) is 0 Å². The summed E-state index contributed by atoms with van der Waals surface area (Å²) in [5.41, 5.74) is 12.2. The fraction of sp³-hybridized carbons (Fsp3) is 0.400. The summed E-state index contributed by atoms with van der Waals surface area (Å²) in [6.07, 6.45) is 6.36. The molecule has 0 saturated heterocycles. The summed E-state index contributed by atoms with van der Waals surface area (Å²) in [6.45, 7) is 14.3. The van der Waals surface area contributed by atoms with Crippen molar-refractivity contribution < 1.29 is 17.4 Å². The standard InChI is InChI=1S/C19H19.C9H13.2CH3.H2Si.Zr/c1-2-3-8-15-9-4-6-11-17(15)19-14-13-16-10-5-7-12-18(16)19;1-6-5-7(2)9(4)8(6)3;;;;/h4-7,9-14H,2-3,8H2,1H3;6H,1-4H3;2*1H3;1H2;. The Kier molecular flexibility index (Phi) is 6.36. The Morgan fingerprint density at radius 2 is 1.50 bits per heavy atom. The van der Waals surface area contributed by atoms with Gasteiger partial charge in [-0.15, -0.1) is 0 Å². The van der Waals surface area contributed by atoms with Crippen LogP contribution in [0.1, 0.15) is 73.3 Å². The molecule has 0 bridgehead atoms. The topological polar surface area (TPSA) is 0 Å². The molecular weight excluding hydrogens is 480 g/mol. The Bertz CT molecular complexity index is 1230. The van der Waals surface area contributed by atoms with Crippen LogP contribution in [0.2, 0.25) is 9.26 Å². The molecule has 2 aromatic carbocycles. The summed E-state index contributed by atoms with van der Waals surface area (Å²) >= 11 is -3.35. The number of hydrogen-bond donors (Lipinski definition) is 0. The summed E-state index contributed by atoms with van der Waals surface area (Å²) in [6, 6.07) is 18.4. The average Bonchev–Trinajstić information content (AvgIpc) is 3.25. The van der Waals surface area contributed by atoms with Crippen molar-refractivity contribution >= 4 is 12.5 Å². The quantitative estimate of drug-likeness (QED) is 0.338.